The van der Waals surface area contributed by atoms with Crippen LogP contribution in [0, 0.1) is 12.8 Å². The third kappa shape index (κ3) is 2.16. The summed E-state index contributed by atoms with van der Waals surface area (Å²) in [6.07, 6.45) is 6.13. The van der Waals surface area contributed by atoms with Gasteiger partial charge in [-0.25, -0.2) is 0 Å². The van der Waals surface area contributed by atoms with E-state index in [1.54, 1.807) is 0 Å². The number of ether oxygens (including phenoxy) is 1. The normalized spacial score (nSPS) is 28.9. The Morgan fingerprint density at radius 1 is 1.47 bits per heavy atom. The SMILES string of the molecule is Cc1ccc(C(N)C2CCOC3(CCC3)C2)s1. The second kappa shape index (κ2) is 4.38. The van der Waals surface area contributed by atoms with Gasteiger partial charge in [-0.3, -0.25) is 0 Å². The molecule has 2 fully saturated rings. The molecular formula is C14H21NOS. The van der Waals surface area contributed by atoms with E-state index in [0.717, 1.165) is 13.0 Å². The number of rotatable bonds is 2. The average molecular weight is 251 g/mol. The van der Waals surface area contributed by atoms with Crippen molar-refractivity contribution in [1.29, 1.82) is 0 Å². The zero-order valence-corrected chi connectivity index (χ0v) is 11.3. The van der Waals surface area contributed by atoms with E-state index >= 15 is 0 Å². The van der Waals surface area contributed by atoms with Crippen molar-refractivity contribution in [2.45, 2.75) is 50.7 Å². The van der Waals surface area contributed by atoms with Gasteiger partial charge >= 0.3 is 0 Å². The van der Waals surface area contributed by atoms with E-state index in [-0.39, 0.29) is 11.6 Å². The highest BCUT2D eigenvalue weighted by Gasteiger charge is 2.44. The minimum atomic E-state index is 0.215. The van der Waals surface area contributed by atoms with Crippen molar-refractivity contribution in [2.75, 3.05) is 6.61 Å². The molecule has 2 atom stereocenters. The lowest BCUT2D eigenvalue weighted by Gasteiger charge is -2.48. The fourth-order valence-corrected chi connectivity index (χ4v) is 4.13. The minimum absolute atomic E-state index is 0.215. The highest BCUT2D eigenvalue weighted by atomic mass is 32.1. The molecule has 3 rings (SSSR count). The van der Waals surface area contributed by atoms with Crippen LogP contribution in [0.5, 0.6) is 0 Å². The quantitative estimate of drug-likeness (QED) is 0.874. The lowest BCUT2D eigenvalue weighted by atomic mass is 9.70. The summed E-state index contributed by atoms with van der Waals surface area (Å²) in [4.78, 5) is 2.71. The first-order chi connectivity index (χ1) is 8.19. The predicted octanol–water partition coefficient (Wildman–Crippen LogP) is 3.41. The predicted molar refractivity (Wildman–Crippen MR) is 71.2 cm³/mol. The van der Waals surface area contributed by atoms with Gasteiger partial charge in [0.1, 0.15) is 0 Å². The van der Waals surface area contributed by atoms with E-state index in [4.69, 9.17) is 10.5 Å². The van der Waals surface area contributed by atoms with E-state index in [9.17, 15) is 0 Å². The van der Waals surface area contributed by atoms with Gasteiger partial charge in [-0.15, -0.1) is 11.3 Å². The van der Waals surface area contributed by atoms with E-state index in [1.807, 2.05) is 11.3 Å². The van der Waals surface area contributed by atoms with Gasteiger partial charge in [0.25, 0.3) is 0 Å². The summed E-state index contributed by atoms with van der Waals surface area (Å²) < 4.78 is 5.97. The highest BCUT2D eigenvalue weighted by Crippen LogP contribution is 2.47. The zero-order chi connectivity index (χ0) is 11.9. The van der Waals surface area contributed by atoms with Gasteiger partial charge in [-0.05, 0) is 57.1 Å². The molecule has 0 amide bonds. The summed E-state index contributed by atoms with van der Waals surface area (Å²) in [5.41, 5.74) is 6.65. The first-order valence-electron chi connectivity index (χ1n) is 6.64. The molecule has 0 bridgehead atoms. The Morgan fingerprint density at radius 3 is 2.88 bits per heavy atom. The molecule has 2 N–H and O–H groups in total. The van der Waals surface area contributed by atoms with Crippen LogP contribution in [0.2, 0.25) is 0 Å². The monoisotopic (exact) mass is 251 g/mol. The largest absolute Gasteiger partial charge is 0.375 e. The molecule has 0 aromatic carbocycles. The van der Waals surface area contributed by atoms with Crippen molar-refractivity contribution in [3.63, 3.8) is 0 Å². The van der Waals surface area contributed by atoms with Gasteiger partial charge in [0, 0.05) is 22.4 Å². The number of hydrogen-bond acceptors (Lipinski definition) is 3. The Hall–Kier alpha value is -0.380. The molecule has 17 heavy (non-hydrogen) atoms. The van der Waals surface area contributed by atoms with Crippen molar-refractivity contribution in [3.8, 4) is 0 Å². The standard InChI is InChI=1S/C14H21NOS/c1-10-3-4-12(17-10)13(15)11-5-8-16-14(9-11)6-2-7-14/h3-4,11,13H,2,5-9,15H2,1H3. The summed E-state index contributed by atoms with van der Waals surface area (Å²) >= 11 is 1.85. The third-order valence-electron chi connectivity index (χ3n) is 4.39. The molecule has 1 aliphatic carbocycles. The minimum Gasteiger partial charge on any atom is -0.375 e. The summed E-state index contributed by atoms with van der Waals surface area (Å²) in [5.74, 6) is 0.613. The molecular weight excluding hydrogens is 230 g/mol. The van der Waals surface area contributed by atoms with Crippen LogP contribution in [0.1, 0.15) is 47.9 Å². The van der Waals surface area contributed by atoms with Gasteiger partial charge in [0.2, 0.25) is 0 Å². The van der Waals surface area contributed by atoms with Crippen LogP contribution in [0.25, 0.3) is 0 Å². The van der Waals surface area contributed by atoms with Gasteiger partial charge in [-0.2, -0.15) is 0 Å². The average Bonchev–Trinajstić information content (AvgIpc) is 2.73. The lowest BCUT2D eigenvalue weighted by molar-refractivity contribution is -0.146. The molecule has 2 aliphatic rings. The number of nitrogens with two attached hydrogens (primary N) is 1. The first-order valence-corrected chi connectivity index (χ1v) is 7.46. The molecule has 1 aliphatic heterocycles. The lowest BCUT2D eigenvalue weighted by Crippen LogP contribution is -2.47. The maximum Gasteiger partial charge on any atom is 0.0686 e. The second-order valence-corrected chi connectivity index (χ2v) is 6.93. The van der Waals surface area contributed by atoms with Crippen molar-refractivity contribution in [2.24, 2.45) is 11.7 Å². The fraction of sp³-hybridized carbons (Fsp3) is 0.714. The number of aryl methyl sites for hydroxylation is 1. The Morgan fingerprint density at radius 2 is 2.29 bits per heavy atom. The molecule has 3 heteroatoms. The molecule has 1 aromatic heterocycles. The van der Waals surface area contributed by atoms with Gasteiger partial charge in [-0.1, -0.05) is 0 Å². The van der Waals surface area contributed by atoms with Gasteiger partial charge < -0.3 is 10.5 Å². The highest BCUT2D eigenvalue weighted by molar-refractivity contribution is 7.12. The molecule has 2 heterocycles. The van der Waals surface area contributed by atoms with Gasteiger partial charge in [0.05, 0.1) is 5.60 Å². The maximum absolute atomic E-state index is 6.44. The summed E-state index contributed by atoms with van der Waals surface area (Å²) in [7, 11) is 0. The van der Waals surface area contributed by atoms with Crippen LogP contribution in [-0.2, 0) is 4.74 Å². The molecule has 1 aromatic rings. The third-order valence-corrected chi connectivity index (χ3v) is 5.50. The molecule has 1 saturated carbocycles. The molecule has 2 unspecified atom stereocenters. The zero-order valence-electron chi connectivity index (χ0n) is 10.4. The maximum atomic E-state index is 6.44. The van der Waals surface area contributed by atoms with Crippen LogP contribution in [0.3, 0.4) is 0 Å². The topological polar surface area (TPSA) is 35.2 Å². The molecule has 0 radical (unpaired) electrons. The van der Waals surface area contributed by atoms with E-state index in [0.29, 0.717) is 5.92 Å². The molecule has 1 saturated heterocycles. The van der Waals surface area contributed by atoms with Crippen molar-refractivity contribution >= 4 is 11.3 Å². The van der Waals surface area contributed by atoms with Crippen molar-refractivity contribution in [1.82, 2.24) is 0 Å². The smallest absolute Gasteiger partial charge is 0.0686 e. The Balaban J connectivity index is 1.71. The first kappa shape index (κ1) is 11.7. The summed E-state index contributed by atoms with van der Waals surface area (Å²) in [5, 5.41) is 0. The van der Waals surface area contributed by atoms with Crippen molar-refractivity contribution < 1.29 is 4.74 Å². The van der Waals surface area contributed by atoms with E-state index in [1.165, 1.54) is 35.4 Å². The fourth-order valence-electron chi connectivity index (χ4n) is 3.16. The van der Waals surface area contributed by atoms with E-state index < -0.39 is 0 Å². The van der Waals surface area contributed by atoms with Crippen LogP contribution in [0.4, 0.5) is 0 Å². The van der Waals surface area contributed by atoms with E-state index in [2.05, 4.69) is 19.1 Å². The van der Waals surface area contributed by atoms with Gasteiger partial charge in [0.15, 0.2) is 0 Å². The van der Waals surface area contributed by atoms with Crippen LogP contribution in [-0.4, -0.2) is 12.2 Å². The molecule has 1 spiro atoms. The Kier molecular flexibility index (Phi) is 3.01. The number of thiophene rings is 1. The molecule has 2 nitrogen and oxygen atoms in total. The summed E-state index contributed by atoms with van der Waals surface area (Å²) in [6, 6.07) is 4.60. The molecule has 94 valence electrons. The second-order valence-electron chi connectivity index (χ2n) is 5.61. The van der Waals surface area contributed by atoms with Crippen molar-refractivity contribution in [3.05, 3.63) is 21.9 Å². The van der Waals surface area contributed by atoms with Crippen LogP contribution in [0.15, 0.2) is 12.1 Å². The Labute approximate surface area is 107 Å². The van der Waals surface area contributed by atoms with Crippen LogP contribution >= 0.6 is 11.3 Å². The Bertz CT molecular complexity index is 397. The summed E-state index contributed by atoms with van der Waals surface area (Å²) in [6.45, 7) is 3.06. The van der Waals surface area contributed by atoms with Crippen LogP contribution < -0.4 is 5.73 Å². The number of hydrogen-bond donors (Lipinski definition) is 1.